The molecular weight excluding hydrogens is 435 g/mol. The zero-order chi connectivity index (χ0) is 17.3. The molecule has 2 rings (SSSR count). The summed E-state index contributed by atoms with van der Waals surface area (Å²) in [4.78, 5) is 11.5. The number of esters is 1. The standard InChI is InChI=1S/C13H15IO6S.C2H6/c1-16-11-7-9(12(15)17-2)3-4-10(11)19-13(5-6-13)8-18-21-20-14;1-2/h3-4,7H,5-6,8H2,1-2H3;1-2H3. The number of hydrogen-bond donors (Lipinski definition) is 0. The number of carbonyl (C=O) groups is 1. The minimum Gasteiger partial charge on any atom is -0.493 e. The van der Waals surface area contributed by atoms with E-state index in [1.165, 1.54) is 14.2 Å². The van der Waals surface area contributed by atoms with Gasteiger partial charge < -0.3 is 14.2 Å². The van der Waals surface area contributed by atoms with Gasteiger partial charge in [-0.2, -0.15) is 0 Å². The second kappa shape index (κ2) is 10.2. The molecule has 1 saturated carbocycles. The molecule has 0 heterocycles. The van der Waals surface area contributed by atoms with Crippen LogP contribution in [0.25, 0.3) is 0 Å². The number of halogens is 1. The maximum Gasteiger partial charge on any atom is 0.337 e. The highest BCUT2D eigenvalue weighted by molar-refractivity contribution is 14.1. The third kappa shape index (κ3) is 6.02. The zero-order valence-electron chi connectivity index (χ0n) is 13.6. The van der Waals surface area contributed by atoms with E-state index < -0.39 is 5.97 Å². The normalized spacial score (nSPS) is 14.3. The van der Waals surface area contributed by atoms with E-state index >= 15 is 0 Å². The van der Waals surface area contributed by atoms with Crippen LogP contribution >= 0.6 is 35.3 Å². The van der Waals surface area contributed by atoms with Crippen molar-refractivity contribution in [2.45, 2.75) is 32.3 Å². The van der Waals surface area contributed by atoms with Gasteiger partial charge in [0.2, 0.25) is 0 Å². The predicted molar refractivity (Wildman–Crippen MR) is 96.9 cm³/mol. The lowest BCUT2D eigenvalue weighted by atomic mass is 10.2. The van der Waals surface area contributed by atoms with Crippen LogP contribution in [0.2, 0.25) is 0 Å². The average Bonchev–Trinajstić information content (AvgIpc) is 3.36. The van der Waals surface area contributed by atoms with Gasteiger partial charge in [0.1, 0.15) is 35.2 Å². The molecule has 1 aromatic rings. The minimum atomic E-state index is -0.417. The van der Waals surface area contributed by atoms with Crippen LogP contribution in [-0.2, 0) is 11.4 Å². The molecule has 1 aromatic carbocycles. The van der Waals surface area contributed by atoms with Crippen LogP contribution < -0.4 is 9.47 Å². The summed E-state index contributed by atoms with van der Waals surface area (Å²) in [7, 11) is 2.86. The fourth-order valence-corrected chi connectivity index (χ4v) is 2.41. The predicted octanol–water partition coefficient (Wildman–Crippen LogP) is 4.37. The van der Waals surface area contributed by atoms with Crippen LogP contribution in [0, 0.1) is 0 Å². The molecule has 0 aliphatic heterocycles. The highest BCUT2D eigenvalue weighted by Crippen LogP contribution is 2.44. The quantitative estimate of drug-likeness (QED) is 0.249. The summed E-state index contributed by atoms with van der Waals surface area (Å²) in [5, 5.41) is 0. The molecule has 8 heteroatoms. The molecule has 0 spiro atoms. The Morgan fingerprint density at radius 3 is 2.48 bits per heavy atom. The van der Waals surface area contributed by atoms with Crippen molar-refractivity contribution < 1.29 is 25.7 Å². The molecular formula is C15H21IO6S. The second-order valence-electron chi connectivity index (χ2n) is 4.54. The lowest BCUT2D eigenvalue weighted by Crippen LogP contribution is -2.24. The topological polar surface area (TPSA) is 63.2 Å². The summed E-state index contributed by atoms with van der Waals surface area (Å²) in [5.41, 5.74) is 0.0686. The van der Waals surface area contributed by atoms with E-state index in [4.69, 9.17) is 16.2 Å². The van der Waals surface area contributed by atoms with Crippen LogP contribution in [-0.4, -0.2) is 32.4 Å². The van der Waals surface area contributed by atoms with Crippen molar-refractivity contribution in [3.63, 3.8) is 0 Å². The molecule has 1 fully saturated rings. The molecule has 0 radical (unpaired) electrons. The van der Waals surface area contributed by atoms with Crippen molar-refractivity contribution in [2.75, 3.05) is 20.8 Å². The Hall–Kier alpha value is -0.710. The first-order valence-corrected chi connectivity index (χ1v) is 8.71. The van der Waals surface area contributed by atoms with Crippen molar-refractivity contribution in [3.05, 3.63) is 23.8 Å². The Morgan fingerprint density at radius 1 is 1.26 bits per heavy atom. The van der Waals surface area contributed by atoms with Crippen molar-refractivity contribution in [2.24, 2.45) is 0 Å². The van der Waals surface area contributed by atoms with Crippen molar-refractivity contribution in [1.82, 2.24) is 0 Å². The summed E-state index contributed by atoms with van der Waals surface area (Å²) in [5.74, 6) is 0.647. The van der Waals surface area contributed by atoms with Gasteiger partial charge in [-0.15, -0.1) is 0 Å². The fraction of sp³-hybridized carbons (Fsp3) is 0.533. The summed E-state index contributed by atoms with van der Waals surface area (Å²) in [6, 6.07) is 4.94. The Kier molecular flexibility index (Phi) is 9.03. The molecule has 0 N–H and O–H groups in total. The molecule has 1 aliphatic rings. The Morgan fingerprint density at radius 2 is 1.96 bits per heavy atom. The van der Waals surface area contributed by atoms with Gasteiger partial charge in [-0.25, -0.2) is 7.31 Å². The smallest absolute Gasteiger partial charge is 0.337 e. The van der Waals surface area contributed by atoms with E-state index in [1.807, 2.05) is 13.8 Å². The van der Waals surface area contributed by atoms with Crippen LogP contribution in [0.3, 0.4) is 0 Å². The van der Waals surface area contributed by atoms with Gasteiger partial charge in [-0.1, -0.05) is 13.8 Å². The molecule has 0 aromatic heterocycles. The van der Waals surface area contributed by atoms with Crippen LogP contribution in [0.1, 0.15) is 37.0 Å². The van der Waals surface area contributed by atoms with Crippen molar-refractivity contribution in [3.8, 4) is 11.5 Å². The van der Waals surface area contributed by atoms with Gasteiger partial charge in [0.15, 0.2) is 23.8 Å². The average molecular weight is 456 g/mol. The molecule has 0 saturated heterocycles. The third-order valence-electron chi connectivity index (χ3n) is 3.11. The van der Waals surface area contributed by atoms with Gasteiger partial charge in [0, 0.05) is 0 Å². The molecule has 6 nitrogen and oxygen atoms in total. The number of methoxy groups -OCH3 is 2. The highest BCUT2D eigenvalue weighted by atomic mass is 127. The lowest BCUT2D eigenvalue weighted by molar-refractivity contribution is 0.0600. The van der Waals surface area contributed by atoms with Crippen LogP contribution in [0.15, 0.2) is 18.2 Å². The molecule has 130 valence electrons. The van der Waals surface area contributed by atoms with Crippen molar-refractivity contribution >= 4 is 41.3 Å². The van der Waals surface area contributed by atoms with Gasteiger partial charge in [0.25, 0.3) is 0 Å². The largest absolute Gasteiger partial charge is 0.493 e. The molecule has 1 aliphatic carbocycles. The van der Waals surface area contributed by atoms with Crippen molar-refractivity contribution in [1.29, 1.82) is 0 Å². The number of benzene rings is 1. The van der Waals surface area contributed by atoms with Gasteiger partial charge in [-0.05, 0) is 31.0 Å². The van der Waals surface area contributed by atoms with E-state index in [0.717, 1.165) is 25.2 Å². The summed E-state index contributed by atoms with van der Waals surface area (Å²) >= 11 is 2.66. The summed E-state index contributed by atoms with van der Waals surface area (Å²) in [6.07, 6.45) is 1.80. The first-order chi connectivity index (χ1) is 11.1. The monoisotopic (exact) mass is 456 g/mol. The van der Waals surface area contributed by atoms with Gasteiger partial charge in [0.05, 0.1) is 19.8 Å². The molecule has 0 bridgehead atoms. The van der Waals surface area contributed by atoms with Crippen LogP contribution in [0.5, 0.6) is 11.5 Å². The highest BCUT2D eigenvalue weighted by Gasteiger charge is 2.46. The Labute approximate surface area is 155 Å². The second-order valence-corrected chi connectivity index (χ2v) is 6.11. The zero-order valence-corrected chi connectivity index (χ0v) is 16.6. The first-order valence-electron chi connectivity index (χ1n) is 7.16. The van der Waals surface area contributed by atoms with E-state index in [-0.39, 0.29) is 5.60 Å². The third-order valence-corrected chi connectivity index (χ3v) is 3.82. The molecule has 23 heavy (non-hydrogen) atoms. The van der Waals surface area contributed by atoms with E-state index in [9.17, 15) is 4.79 Å². The van der Waals surface area contributed by atoms with E-state index in [1.54, 1.807) is 41.2 Å². The molecule has 0 amide bonds. The number of carbonyl (C=O) groups excluding carboxylic acids is 1. The fourth-order valence-electron chi connectivity index (χ4n) is 1.79. The number of hydrogen-bond acceptors (Lipinski definition) is 7. The minimum absolute atomic E-state index is 0.345. The van der Waals surface area contributed by atoms with E-state index in [0.29, 0.717) is 23.7 Å². The van der Waals surface area contributed by atoms with Crippen LogP contribution in [0.4, 0.5) is 0 Å². The summed E-state index contributed by atoms with van der Waals surface area (Å²) in [6.45, 7) is 4.42. The van der Waals surface area contributed by atoms with Gasteiger partial charge in [-0.3, -0.25) is 4.18 Å². The maximum atomic E-state index is 11.5. The lowest BCUT2D eigenvalue weighted by Gasteiger charge is -2.19. The Bertz CT molecular complexity index is 507. The molecule has 0 unspecified atom stereocenters. The summed E-state index contributed by atoms with van der Waals surface area (Å²) < 4.78 is 26.0. The van der Waals surface area contributed by atoms with E-state index in [2.05, 4.69) is 4.74 Å². The molecule has 0 atom stereocenters. The first kappa shape index (κ1) is 20.3. The van der Waals surface area contributed by atoms with Gasteiger partial charge >= 0.3 is 5.97 Å². The maximum absolute atomic E-state index is 11.5. The number of ether oxygens (including phenoxy) is 3. The Balaban J connectivity index is 0.00000127. The number of rotatable bonds is 8. The SMILES string of the molecule is CC.COC(=O)c1ccc(OC2(COSOI)CC2)c(OC)c1.